The van der Waals surface area contributed by atoms with Gasteiger partial charge in [-0.25, -0.2) is 9.78 Å². The average molecular weight is 200 g/mol. The van der Waals surface area contributed by atoms with E-state index in [1.54, 1.807) is 14.0 Å². The third-order valence-electron chi connectivity index (χ3n) is 1.42. The summed E-state index contributed by atoms with van der Waals surface area (Å²) in [5.41, 5.74) is 0.0156. The monoisotopic (exact) mass is 200 g/mol. The molecule has 1 heterocycles. The molecule has 0 spiro atoms. The summed E-state index contributed by atoms with van der Waals surface area (Å²) in [6.45, 7) is 1.66. The average Bonchev–Trinajstić information content (AvgIpc) is 2.45. The van der Waals surface area contributed by atoms with E-state index in [1.165, 1.54) is 11.3 Å². The lowest BCUT2D eigenvalue weighted by molar-refractivity contribution is -0.131. The van der Waals surface area contributed by atoms with Gasteiger partial charge in [-0.1, -0.05) is 0 Å². The summed E-state index contributed by atoms with van der Waals surface area (Å²) >= 11 is 1.25. The number of aryl methyl sites for hydroxylation is 1. The fourth-order valence-electron chi connectivity index (χ4n) is 0.815. The highest BCUT2D eigenvalue weighted by molar-refractivity contribution is 7.15. The van der Waals surface area contributed by atoms with Crippen molar-refractivity contribution in [2.45, 2.75) is 6.92 Å². The summed E-state index contributed by atoms with van der Waals surface area (Å²) in [5, 5.41) is 11.7. The third-order valence-corrected chi connectivity index (χ3v) is 2.41. The van der Waals surface area contributed by atoms with Crippen LogP contribution in [0.4, 0.5) is 5.13 Å². The Kier molecular flexibility index (Phi) is 2.62. The smallest absolute Gasteiger partial charge is 0.378 e. The molecule has 0 aliphatic heterocycles. The number of thiazole rings is 1. The first-order valence-electron chi connectivity index (χ1n) is 3.49. The molecule has 0 unspecified atom stereocenters. The number of rotatable bonds is 3. The van der Waals surface area contributed by atoms with Gasteiger partial charge in [0.2, 0.25) is 0 Å². The molecule has 13 heavy (non-hydrogen) atoms. The minimum Gasteiger partial charge on any atom is -0.475 e. The van der Waals surface area contributed by atoms with Gasteiger partial charge in [-0.15, -0.1) is 11.3 Å². The second-order valence-electron chi connectivity index (χ2n) is 2.31. The lowest BCUT2D eigenvalue weighted by atomic mass is 10.3. The van der Waals surface area contributed by atoms with Crippen LogP contribution in [0.3, 0.4) is 0 Å². The van der Waals surface area contributed by atoms with Crippen molar-refractivity contribution in [3.05, 3.63) is 10.6 Å². The number of ketones is 1. The topological polar surface area (TPSA) is 79.3 Å². The van der Waals surface area contributed by atoms with Crippen LogP contribution in [0.2, 0.25) is 0 Å². The Labute approximate surface area is 78.4 Å². The van der Waals surface area contributed by atoms with Crippen LogP contribution in [0.1, 0.15) is 15.4 Å². The standard InChI is InChI=1S/C7H8N2O3S/c1-3-4(5(10)6(11)12)9-7(8-2)13-3/h1-2H3,(H,8,9)(H,11,12). The van der Waals surface area contributed by atoms with Crippen LogP contribution in [0, 0.1) is 6.92 Å². The summed E-state index contributed by atoms with van der Waals surface area (Å²) in [7, 11) is 1.66. The zero-order chi connectivity index (χ0) is 10.0. The molecule has 0 saturated carbocycles. The Morgan fingerprint density at radius 3 is 2.54 bits per heavy atom. The van der Waals surface area contributed by atoms with Crippen molar-refractivity contribution in [3.63, 3.8) is 0 Å². The van der Waals surface area contributed by atoms with Gasteiger partial charge in [-0.05, 0) is 6.92 Å². The summed E-state index contributed by atoms with van der Waals surface area (Å²) < 4.78 is 0. The Morgan fingerprint density at radius 2 is 2.15 bits per heavy atom. The summed E-state index contributed by atoms with van der Waals surface area (Å²) in [6, 6.07) is 0. The maximum absolute atomic E-state index is 11.0. The normalized spacial score (nSPS) is 9.69. The molecule has 0 aliphatic rings. The molecule has 70 valence electrons. The van der Waals surface area contributed by atoms with Gasteiger partial charge in [0.15, 0.2) is 5.13 Å². The fourth-order valence-corrected chi connectivity index (χ4v) is 1.58. The summed E-state index contributed by atoms with van der Waals surface area (Å²) in [5.74, 6) is -2.44. The maximum Gasteiger partial charge on any atom is 0.378 e. The highest BCUT2D eigenvalue weighted by atomic mass is 32.1. The number of carbonyl (C=O) groups excluding carboxylic acids is 1. The first kappa shape index (κ1) is 9.66. The number of hydrogen-bond donors (Lipinski definition) is 2. The lowest BCUT2D eigenvalue weighted by Crippen LogP contribution is -2.14. The Morgan fingerprint density at radius 1 is 1.54 bits per heavy atom. The first-order chi connectivity index (χ1) is 6.06. The van der Waals surface area contributed by atoms with Crippen LogP contribution in [0.15, 0.2) is 0 Å². The number of anilines is 1. The minimum absolute atomic E-state index is 0.0156. The van der Waals surface area contributed by atoms with Gasteiger partial charge in [0, 0.05) is 11.9 Å². The molecule has 1 rings (SSSR count). The molecular weight excluding hydrogens is 192 g/mol. The SMILES string of the molecule is CNc1nc(C(=O)C(=O)O)c(C)s1. The first-order valence-corrected chi connectivity index (χ1v) is 4.30. The van der Waals surface area contributed by atoms with Gasteiger partial charge >= 0.3 is 5.97 Å². The molecular formula is C7H8N2O3S. The highest BCUT2D eigenvalue weighted by Crippen LogP contribution is 2.21. The Bertz CT molecular complexity index is 359. The fraction of sp³-hybridized carbons (Fsp3) is 0.286. The molecule has 6 heteroatoms. The summed E-state index contributed by atoms with van der Waals surface area (Å²) in [6.07, 6.45) is 0. The molecule has 1 aromatic rings. The minimum atomic E-state index is -1.48. The lowest BCUT2D eigenvalue weighted by Gasteiger charge is -1.89. The van der Waals surface area contributed by atoms with Crippen molar-refractivity contribution in [1.29, 1.82) is 0 Å². The summed E-state index contributed by atoms with van der Waals surface area (Å²) in [4.78, 5) is 25.8. The van der Waals surface area contributed by atoms with E-state index in [1.807, 2.05) is 0 Å². The third kappa shape index (κ3) is 1.83. The van der Waals surface area contributed by atoms with E-state index in [-0.39, 0.29) is 5.69 Å². The van der Waals surface area contributed by atoms with E-state index in [0.717, 1.165) is 0 Å². The van der Waals surface area contributed by atoms with E-state index in [9.17, 15) is 9.59 Å². The van der Waals surface area contributed by atoms with Crippen LogP contribution in [-0.2, 0) is 4.79 Å². The molecule has 0 aliphatic carbocycles. The molecule has 0 radical (unpaired) electrons. The number of nitrogens with one attached hydrogen (secondary N) is 1. The molecule has 2 N–H and O–H groups in total. The van der Waals surface area contributed by atoms with Gasteiger partial charge in [-0.2, -0.15) is 0 Å². The van der Waals surface area contributed by atoms with Gasteiger partial charge in [0.05, 0.1) is 0 Å². The molecule has 0 atom stereocenters. The van der Waals surface area contributed by atoms with E-state index >= 15 is 0 Å². The van der Waals surface area contributed by atoms with Crippen LogP contribution in [-0.4, -0.2) is 28.9 Å². The van der Waals surface area contributed by atoms with E-state index < -0.39 is 11.8 Å². The number of Topliss-reactive ketones (excluding diaryl/α,β-unsaturated/α-hetero) is 1. The van der Waals surface area contributed by atoms with Crippen LogP contribution < -0.4 is 5.32 Å². The molecule has 0 amide bonds. The predicted octanol–water partition coefficient (Wildman–Crippen LogP) is 0.761. The molecule has 1 aromatic heterocycles. The van der Waals surface area contributed by atoms with Crippen molar-refractivity contribution in [2.24, 2.45) is 0 Å². The second-order valence-corrected chi connectivity index (χ2v) is 3.51. The highest BCUT2D eigenvalue weighted by Gasteiger charge is 2.21. The van der Waals surface area contributed by atoms with Crippen LogP contribution in [0.5, 0.6) is 0 Å². The zero-order valence-electron chi connectivity index (χ0n) is 7.12. The van der Waals surface area contributed by atoms with Crippen molar-refractivity contribution < 1.29 is 14.7 Å². The molecule has 0 saturated heterocycles. The number of carboxylic acid groups (broad SMARTS) is 1. The van der Waals surface area contributed by atoms with Crippen LogP contribution in [0.25, 0.3) is 0 Å². The van der Waals surface area contributed by atoms with Gasteiger partial charge < -0.3 is 10.4 Å². The van der Waals surface area contributed by atoms with E-state index in [2.05, 4.69) is 10.3 Å². The Balaban J connectivity index is 3.07. The number of carboxylic acids is 1. The largest absolute Gasteiger partial charge is 0.475 e. The molecule has 0 bridgehead atoms. The molecule has 0 fully saturated rings. The van der Waals surface area contributed by atoms with Gasteiger partial charge in [0.1, 0.15) is 5.69 Å². The number of hydrogen-bond acceptors (Lipinski definition) is 5. The zero-order valence-corrected chi connectivity index (χ0v) is 7.94. The Hall–Kier alpha value is -1.43. The maximum atomic E-state index is 11.0. The predicted molar refractivity (Wildman–Crippen MR) is 48.4 cm³/mol. The number of nitrogens with zero attached hydrogens (tertiary/aromatic N) is 1. The van der Waals surface area contributed by atoms with E-state index in [4.69, 9.17) is 5.11 Å². The number of aliphatic carboxylic acids is 1. The van der Waals surface area contributed by atoms with E-state index in [0.29, 0.717) is 10.0 Å². The van der Waals surface area contributed by atoms with Crippen molar-refractivity contribution in [3.8, 4) is 0 Å². The second kappa shape index (κ2) is 3.53. The van der Waals surface area contributed by atoms with Crippen LogP contribution >= 0.6 is 11.3 Å². The van der Waals surface area contributed by atoms with Gasteiger partial charge in [-0.3, -0.25) is 4.79 Å². The van der Waals surface area contributed by atoms with Crippen molar-refractivity contribution in [2.75, 3.05) is 12.4 Å². The molecule has 5 nitrogen and oxygen atoms in total. The quantitative estimate of drug-likeness (QED) is 0.556. The number of aromatic nitrogens is 1. The van der Waals surface area contributed by atoms with Crippen molar-refractivity contribution >= 4 is 28.2 Å². The number of carbonyl (C=O) groups is 2. The molecule has 0 aromatic carbocycles. The van der Waals surface area contributed by atoms with Crippen molar-refractivity contribution in [1.82, 2.24) is 4.98 Å². The van der Waals surface area contributed by atoms with Gasteiger partial charge in [0.25, 0.3) is 5.78 Å².